The van der Waals surface area contributed by atoms with Gasteiger partial charge in [0, 0.05) is 5.56 Å². The molecule has 0 saturated heterocycles. The van der Waals surface area contributed by atoms with Crippen molar-refractivity contribution in [2.45, 2.75) is 42.9 Å². The van der Waals surface area contributed by atoms with Crippen molar-refractivity contribution in [1.82, 2.24) is 10.3 Å². The highest BCUT2D eigenvalue weighted by atomic mass is 32.2. The Morgan fingerprint density at radius 1 is 0.923 bits per heavy atom. The third kappa shape index (κ3) is 4.47. The summed E-state index contributed by atoms with van der Waals surface area (Å²) in [5.74, 6) is -0.640. The quantitative estimate of drug-likeness (QED) is 0.785. The first-order valence-corrected chi connectivity index (χ1v) is 10.1. The van der Waals surface area contributed by atoms with E-state index in [0.717, 1.165) is 30.5 Å². The Balaban J connectivity index is 1.64. The zero-order valence-electron chi connectivity index (χ0n) is 14.2. The summed E-state index contributed by atoms with van der Waals surface area (Å²) in [6, 6.07) is 11.6. The molecule has 0 aliphatic heterocycles. The van der Waals surface area contributed by atoms with Crippen LogP contribution in [0.5, 0.6) is 0 Å². The van der Waals surface area contributed by atoms with Gasteiger partial charge in [0.05, 0.1) is 4.90 Å². The Morgan fingerprint density at radius 3 is 2.15 bits per heavy atom. The Kier molecular flexibility index (Phi) is 5.68. The van der Waals surface area contributed by atoms with Crippen LogP contribution in [0.25, 0.3) is 0 Å². The molecule has 1 aliphatic rings. The second-order valence-corrected chi connectivity index (χ2v) is 8.15. The first-order chi connectivity index (χ1) is 12.5. The van der Waals surface area contributed by atoms with E-state index >= 15 is 0 Å². The smallest absolute Gasteiger partial charge is 0.266 e. The van der Waals surface area contributed by atoms with Crippen molar-refractivity contribution in [1.29, 1.82) is 0 Å². The predicted molar refractivity (Wildman–Crippen MR) is 96.5 cm³/mol. The van der Waals surface area contributed by atoms with Gasteiger partial charge < -0.3 is 0 Å². The molecule has 26 heavy (non-hydrogen) atoms. The summed E-state index contributed by atoms with van der Waals surface area (Å²) < 4.78 is 37.5. The molecule has 1 amide bonds. The van der Waals surface area contributed by atoms with Gasteiger partial charge in [-0.25, -0.2) is 12.8 Å². The number of carbonyl (C=O) groups is 1. The summed E-state index contributed by atoms with van der Waals surface area (Å²) >= 11 is 0. The van der Waals surface area contributed by atoms with Crippen LogP contribution in [0.3, 0.4) is 0 Å². The standard InChI is InChI=1S/C19H21FN2O3S/c20-17-10-6-16(7-11-17)19(23)21-22-26(24,25)18-12-8-15(9-13-18)14-4-2-1-3-5-14/h6-14,22H,1-5H2,(H,21,23). The minimum absolute atomic E-state index is 0.0801. The summed E-state index contributed by atoms with van der Waals surface area (Å²) in [6.07, 6.45) is 5.96. The van der Waals surface area contributed by atoms with Crippen LogP contribution >= 0.6 is 0 Å². The van der Waals surface area contributed by atoms with E-state index in [2.05, 4.69) is 10.3 Å². The molecular formula is C19H21FN2O3S. The molecule has 2 aromatic carbocycles. The van der Waals surface area contributed by atoms with Crippen LogP contribution in [0.15, 0.2) is 53.4 Å². The number of benzene rings is 2. The van der Waals surface area contributed by atoms with E-state index in [0.29, 0.717) is 5.92 Å². The van der Waals surface area contributed by atoms with Gasteiger partial charge in [0.1, 0.15) is 5.82 Å². The molecule has 7 heteroatoms. The van der Waals surface area contributed by atoms with Crippen molar-refractivity contribution in [2.75, 3.05) is 0 Å². The highest BCUT2D eigenvalue weighted by Crippen LogP contribution is 2.32. The summed E-state index contributed by atoms with van der Waals surface area (Å²) in [4.78, 5) is 14.1. The molecule has 0 spiro atoms. The second-order valence-electron chi connectivity index (χ2n) is 6.47. The van der Waals surface area contributed by atoms with Crippen LogP contribution in [0.1, 0.15) is 53.9 Å². The van der Waals surface area contributed by atoms with Crippen LogP contribution in [0.2, 0.25) is 0 Å². The van der Waals surface area contributed by atoms with Crippen molar-refractivity contribution in [3.8, 4) is 0 Å². The fourth-order valence-corrected chi connectivity index (χ4v) is 4.04. The lowest BCUT2D eigenvalue weighted by atomic mass is 9.84. The number of hydrogen-bond donors (Lipinski definition) is 2. The molecule has 0 bridgehead atoms. The number of rotatable bonds is 5. The minimum Gasteiger partial charge on any atom is -0.273 e. The molecule has 0 heterocycles. The average Bonchev–Trinajstić information content (AvgIpc) is 2.67. The molecule has 0 aromatic heterocycles. The molecule has 1 aliphatic carbocycles. The molecule has 2 N–H and O–H groups in total. The Hall–Kier alpha value is -2.25. The number of carbonyl (C=O) groups excluding carboxylic acids is 1. The maximum Gasteiger partial charge on any atom is 0.266 e. The summed E-state index contributed by atoms with van der Waals surface area (Å²) in [7, 11) is -3.88. The number of sulfonamides is 1. The third-order valence-electron chi connectivity index (χ3n) is 4.67. The predicted octanol–water partition coefficient (Wildman–Crippen LogP) is 3.50. The van der Waals surface area contributed by atoms with Gasteiger partial charge in [0.15, 0.2) is 0 Å². The van der Waals surface area contributed by atoms with Gasteiger partial charge >= 0.3 is 0 Å². The van der Waals surface area contributed by atoms with Crippen LogP contribution in [0, 0.1) is 5.82 Å². The maximum atomic E-state index is 12.9. The van der Waals surface area contributed by atoms with E-state index in [1.54, 1.807) is 12.1 Å². The average molecular weight is 376 g/mol. The van der Waals surface area contributed by atoms with Gasteiger partial charge in [-0.05, 0) is 60.7 Å². The van der Waals surface area contributed by atoms with Crippen molar-refractivity contribution < 1.29 is 17.6 Å². The van der Waals surface area contributed by atoms with Gasteiger partial charge in [-0.1, -0.05) is 31.4 Å². The van der Waals surface area contributed by atoms with Gasteiger partial charge in [-0.15, -0.1) is 4.83 Å². The molecule has 3 rings (SSSR count). The highest BCUT2D eigenvalue weighted by Gasteiger charge is 2.19. The largest absolute Gasteiger partial charge is 0.273 e. The number of hydrazine groups is 1. The Labute approximate surface area is 152 Å². The first-order valence-electron chi connectivity index (χ1n) is 8.63. The Morgan fingerprint density at radius 2 is 1.54 bits per heavy atom. The van der Waals surface area contributed by atoms with Gasteiger partial charge in [0.25, 0.3) is 15.9 Å². The number of hydrogen-bond acceptors (Lipinski definition) is 3. The zero-order chi connectivity index (χ0) is 18.6. The summed E-state index contributed by atoms with van der Waals surface area (Å²) in [5.41, 5.74) is 3.44. The normalized spacial score (nSPS) is 15.6. The highest BCUT2D eigenvalue weighted by molar-refractivity contribution is 7.89. The van der Waals surface area contributed by atoms with Crippen molar-refractivity contribution in [2.24, 2.45) is 0 Å². The number of amides is 1. The molecule has 0 atom stereocenters. The third-order valence-corrected chi connectivity index (χ3v) is 5.94. The van der Waals surface area contributed by atoms with E-state index < -0.39 is 21.7 Å². The SMILES string of the molecule is O=C(NNS(=O)(=O)c1ccc(C2CCCCC2)cc1)c1ccc(F)cc1. The molecule has 0 unspecified atom stereocenters. The number of nitrogens with one attached hydrogen (secondary N) is 2. The lowest BCUT2D eigenvalue weighted by molar-refractivity contribution is 0.0945. The molecule has 1 saturated carbocycles. The molecule has 0 radical (unpaired) electrons. The van der Waals surface area contributed by atoms with E-state index in [-0.39, 0.29) is 10.5 Å². The van der Waals surface area contributed by atoms with Gasteiger partial charge in [-0.2, -0.15) is 0 Å². The lowest BCUT2D eigenvalue weighted by Gasteiger charge is -2.22. The monoisotopic (exact) mass is 376 g/mol. The molecule has 1 fully saturated rings. The van der Waals surface area contributed by atoms with E-state index in [9.17, 15) is 17.6 Å². The lowest BCUT2D eigenvalue weighted by Crippen LogP contribution is -2.41. The Bertz CT molecular complexity index is 859. The van der Waals surface area contributed by atoms with Gasteiger partial charge in [-0.3, -0.25) is 10.2 Å². The van der Waals surface area contributed by atoms with Crippen molar-refractivity contribution >= 4 is 15.9 Å². The zero-order valence-corrected chi connectivity index (χ0v) is 15.1. The van der Waals surface area contributed by atoms with Crippen LogP contribution in [0.4, 0.5) is 4.39 Å². The van der Waals surface area contributed by atoms with Crippen molar-refractivity contribution in [3.63, 3.8) is 0 Å². The van der Waals surface area contributed by atoms with E-state index in [1.165, 1.54) is 31.4 Å². The van der Waals surface area contributed by atoms with Crippen LogP contribution < -0.4 is 10.3 Å². The van der Waals surface area contributed by atoms with E-state index in [4.69, 9.17) is 0 Å². The summed E-state index contributed by atoms with van der Waals surface area (Å²) in [6.45, 7) is 0. The fourth-order valence-electron chi connectivity index (χ4n) is 3.20. The van der Waals surface area contributed by atoms with Crippen LogP contribution in [-0.4, -0.2) is 14.3 Å². The maximum absolute atomic E-state index is 12.9. The second kappa shape index (κ2) is 7.97. The molecule has 138 valence electrons. The topological polar surface area (TPSA) is 75.3 Å². The fraction of sp³-hybridized carbons (Fsp3) is 0.316. The molecular weight excluding hydrogens is 355 g/mol. The minimum atomic E-state index is -3.88. The molecule has 2 aromatic rings. The van der Waals surface area contributed by atoms with Gasteiger partial charge in [0.2, 0.25) is 0 Å². The first kappa shape index (κ1) is 18.5. The molecule has 5 nitrogen and oxygen atoms in total. The number of halogens is 1. The summed E-state index contributed by atoms with van der Waals surface area (Å²) in [5, 5.41) is 0. The van der Waals surface area contributed by atoms with Crippen LogP contribution in [-0.2, 0) is 10.0 Å². The van der Waals surface area contributed by atoms with E-state index in [1.807, 2.05) is 12.1 Å². The van der Waals surface area contributed by atoms with Crippen molar-refractivity contribution in [3.05, 3.63) is 65.5 Å².